The largest absolute Gasteiger partial charge is 0.324 e. The zero-order valence-corrected chi connectivity index (χ0v) is 13.5. The van der Waals surface area contributed by atoms with Gasteiger partial charge in [-0.15, -0.1) is 11.6 Å². The fourth-order valence-corrected chi connectivity index (χ4v) is 2.98. The van der Waals surface area contributed by atoms with Crippen LogP contribution in [-0.2, 0) is 5.88 Å². The number of alkyl halides is 1. The van der Waals surface area contributed by atoms with Crippen molar-refractivity contribution < 1.29 is 0 Å². The van der Waals surface area contributed by atoms with E-state index in [1.807, 2.05) is 18.2 Å². The van der Waals surface area contributed by atoms with Gasteiger partial charge in [0.25, 0.3) is 0 Å². The molecule has 0 spiro atoms. The van der Waals surface area contributed by atoms with Crippen molar-refractivity contribution in [2.24, 2.45) is 0 Å². The van der Waals surface area contributed by atoms with E-state index in [9.17, 15) is 0 Å². The van der Waals surface area contributed by atoms with Gasteiger partial charge in [0, 0.05) is 6.04 Å². The molecule has 0 saturated heterocycles. The molecule has 0 saturated carbocycles. The zero-order chi connectivity index (χ0) is 15.2. The molecule has 1 heterocycles. The number of nitriles is 1. The third-order valence-corrected chi connectivity index (χ3v) is 4.17. The van der Waals surface area contributed by atoms with Crippen LogP contribution in [0.3, 0.4) is 0 Å². The Labute approximate surface area is 131 Å². The number of hydrogen-bond acceptors (Lipinski definition) is 2. The fourth-order valence-electron chi connectivity index (χ4n) is 2.79. The van der Waals surface area contributed by atoms with Crippen molar-refractivity contribution in [3.8, 4) is 6.07 Å². The molecule has 1 aromatic heterocycles. The van der Waals surface area contributed by atoms with E-state index in [0.29, 0.717) is 17.5 Å². The van der Waals surface area contributed by atoms with Crippen LogP contribution >= 0.6 is 11.6 Å². The number of rotatable bonds is 7. The zero-order valence-electron chi connectivity index (χ0n) is 12.8. The Morgan fingerprint density at radius 3 is 2.81 bits per heavy atom. The molecule has 0 fully saturated rings. The SMILES string of the molecule is CCCCCCC(C)n1c(CCl)nc2ccc(C#N)cc21. The molecule has 0 radical (unpaired) electrons. The summed E-state index contributed by atoms with van der Waals surface area (Å²) in [5, 5.41) is 9.09. The Morgan fingerprint density at radius 1 is 1.33 bits per heavy atom. The van der Waals surface area contributed by atoms with Crippen molar-refractivity contribution >= 4 is 22.6 Å². The standard InChI is InChI=1S/C17H22ClN3/c1-3-4-5-6-7-13(2)21-16-10-14(12-19)8-9-15(16)20-17(21)11-18/h8-10,13H,3-7,11H2,1-2H3. The summed E-state index contributed by atoms with van der Waals surface area (Å²) in [6.45, 7) is 4.43. The molecule has 21 heavy (non-hydrogen) atoms. The molecule has 2 aromatic rings. The topological polar surface area (TPSA) is 41.6 Å². The molecule has 0 N–H and O–H groups in total. The number of imidazole rings is 1. The van der Waals surface area contributed by atoms with E-state index in [2.05, 4.69) is 29.5 Å². The summed E-state index contributed by atoms with van der Waals surface area (Å²) in [7, 11) is 0. The molecular formula is C17H22ClN3. The number of aromatic nitrogens is 2. The molecule has 1 aromatic carbocycles. The monoisotopic (exact) mass is 303 g/mol. The average molecular weight is 304 g/mol. The molecule has 0 aliphatic carbocycles. The summed E-state index contributed by atoms with van der Waals surface area (Å²) in [5.74, 6) is 1.29. The minimum atomic E-state index is 0.356. The molecule has 0 bridgehead atoms. The van der Waals surface area contributed by atoms with Crippen LogP contribution in [0.25, 0.3) is 11.0 Å². The normalized spacial score (nSPS) is 12.5. The van der Waals surface area contributed by atoms with E-state index in [4.69, 9.17) is 16.9 Å². The lowest BCUT2D eigenvalue weighted by atomic mass is 10.1. The number of nitrogens with zero attached hydrogens (tertiary/aromatic N) is 3. The molecule has 1 unspecified atom stereocenters. The highest BCUT2D eigenvalue weighted by molar-refractivity contribution is 6.16. The minimum absolute atomic E-state index is 0.356. The van der Waals surface area contributed by atoms with Crippen LogP contribution in [0, 0.1) is 11.3 Å². The van der Waals surface area contributed by atoms with Crippen LogP contribution < -0.4 is 0 Å². The van der Waals surface area contributed by atoms with Crippen molar-refractivity contribution in [1.29, 1.82) is 5.26 Å². The first-order chi connectivity index (χ1) is 10.2. The number of halogens is 1. The van der Waals surface area contributed by atoms with Gasteiger partial charge in [-0.1, -0.05) is 32.6 Å². The first-order valence-corrected chi connectivity index (χ1v) is 8.21. The third kappa shape index (κ3) is 3.57. The van der Waals surface area contributed by atoms with E-state index < -0.39 is 0 Å². The maximum Gasteiger partial charge on any atom is 0.125 e. The second-order valence-corrected chi connectivity index (χ2v) is 5.81. The van der Waals surface area contributed by atoms with E-state index in [0.717, 1.165) is 23.3 Å². The maximum atomic E-state index is 9.09. The van der Waals surface area contributed by atoms with E-state index in [-0.39, 0.29) is 0 Å². The average Bonchev–Trinajstić information content (AvgIpc) is 2.88. The molecule has 0 amide bonds. The molecular weight excluding hydrogens is 282 g/mol. The number of unbranched alkanes of at least 4 members (excludes halogenated alkanes) is 3. The lowest BCUT2D eigenvalue weighted by Crippen LogP contribution is -2.08. The summed E-state index contributed by atoms with van der Waals surface area (Å²) in [6.07, 6.45) is 6.15. The van der Waals surface area contributed by atoms with Crippen LogP contribution in [0.2, 0.25) is 0 Å². The molecule has 0 aliphatic rings. The van der Waals surface area contributed by atoms with Gasteiger partial charge in [-0.2, -0.15) is 5.26 Å². The molecule has 0 aliphatic heterocycles. The number of fused-ring (bicyclic) bond motifs is 1. The number of benzene rings is 1. The second-order valence-electron chi connectivity index (χ2n) is 5.55. The van der Waals surface area contributed by atoms with Crippen LogP contribution in [0.5, 0.6) is 0 Å². The van der Waals surface area contributed by atoms with E-state index >= 15 is 0 Å². The van der Waals surface area contributed by atoms with Gasteiger partial charge >= 0.3 is 0 Å². The summed E-state index contributed by atoms with van der Waals surface area (Å²) >= 11 is 6.06. The van der Waals surface area contributed by atoms with Gasteiger partial charge in [-0.05, 0) is 31.5 Å². The lowest BCUT2D eigenvalue weighted by Gasteiger charge is -2.17. The summed E-state index contributed by atoms with van der Waals surface area (Å²) < 4.78 is 2.20. The first-order valence-electron chi connectivity index (χ1n) is 7.68. The van der Waals surface area contributed by atoms with Crippen LogP contribution in [0.15, 0.2) is 18.2 Å². The summed E-state index contributed by atoms with van der Waals surface area (Å²) in [5.41, 5.74) is 2.61. The van der Waals surface area contributed by atoms with Crippen molar-refractivity contribution in [1.82, 2.24) is 9.55 Å². The van der Waals surface area contributed by atoms with Gasteiger partial charge in [0.05, 0.1) is 28.5 Å². The summed E-state index contributed by atoms with van der Waals surface area (Å²) in [6, 6.07) is 8.19. The van der Waals surface area contributed by atoms with Gasteiger partial charge in [0.2, 0.25) is 0 Å². The minimum Gasteiger partial charge on any atom is -0.324 e. The van der Waals surface area contributed by atoms with Crippen molar-refractivity contribution in [3.05, 3.63) is 29.6 Å². The molecule has 2 rings (SSSR count). The van der Waals surface area contributed by atoms with Crippen molar-refractivity contribution in [3.63, 3.8) is 0 Å². The Balaban J connectivity index is 2.29. The van der Waals surface area contributed by atoms with Crippen molar-refractivity contribution in [2.75, 3.05) is 0 Å². The Hall–Kier alpha value is -1.53. The quantitative estimate of drug-likeness (QED) is 0.522. The third-order valence-electron chi connectivity index (χ3n) is 3.93. The molecule has 3 nitrogen and oxygen atoms in total. The highest BCUT2D eigenvalue weighted by atomic mass is 35.5. The fraction of sp³-hybridized carbons (Fsp3) is 0.529. The Morgan fingerprint density at radius 2 is 2.14 bits per heavy atom. The maximum absolute atomic E-state index is 9.09. The smallest absolute Gasteiger partial charge is 0.125 e. The number of hydrogen-bond donors (Lipinski definition) is 0. The predicted octanol–water partition coefficient (Wildman–Crippen LogP) is 5.18. The Kier molecular flexibility index (Phi) is 5.64. The van der Waals surface area contributed by atoms with Gasteiger partial charge in [-0.3, -0.25) is 0 Å². The van der Waals surface area contributed by atoms with Crippen molar-refractivity contribution in [2.45, 2.75) is 57.9 Å². The highest BCUT2D eigenvalue weighted by Crippen LogP contribution is 2.26. The van der Waals surface area contributed by atoms with Gasteiger partial charge in [-0.25, -0.2) is 4.98 Å². The van der Waals surface area contributed by atoms with Crippen LogP contribution in [0.1, 0.15) is 63.4 Å². The molecule has 1 atom stereocenters. The van der Waals surface area contributed by atoms with Gasteiger partial charge < -0.3 is 4.57 Å². The van der Waals surface area contributed by atoms with E-state index in [1.54, 1.807) is 0 Å². The highest BCUT2D eigenvalue weighted by Gasteiger charge is 2.15. The van der Waals surface area contributed by atoms with Crippen LogP contribution in [0.4, 0.5) is 0 Å². The van der Waals surface area contributed by atoms with Crippen LogP contribution in [-0.4, -0.2) is 9.55 Å². The molecule has 112 valence electrons. The Bertz CT molecular complexity index is 639. The second kappa shape index (κ2) is 7.47. The summed E-state index contributed by atoms with van der Waals surface area (Å²) in [4.78, 5) is 4.59. The molecule has 4 heteroatoms. The first kappa shape index (κ1) is 15.9. The predicted molar refractivity (Wildman–Crippen MR) is 87.5 cm³/mol. The van der Waals surface area contributed by atoms with Gasteiger partial charge in [0.1, 0.15) is 5.82 Å². The van der Waals surface area contributed by atoms with Gasteiger partial charge in [0.15, 0.2) is 0 Å². The van der Waals surface area contributed by atoms with E-state index in [1.165, 1.54) is 25.7 Å². The lowest BCUT2D eigenvalue weighted by molar-refractivity contribution is 0.473.